The number of rotatable bonds is 7. The first-order valence-corrected chi connectivity index (χ1v) is 10.7. The van der Waals surface area contributed by atoms with Gasteiger partial charge >= 0.3 is 0 Å². The molecule has 2 rings (SSSR count). The second-order valence-electron chi connectivity index (χ2n) is 5.84. The Hall–Kier alpha value is -2.29. The molecule has 0 aromatic heterocycles. The highest BCUT2D eigenvalue weighted by Crippen LogP contribution is 2.24. The third kappa shape index (κ3) is 5.60. The molecule has 0 heterocycles. The monoisotopic (exact) mass is 443 g/mol. The number of hydrazone groups is 1. The van der Waals surface area contributed by atoms with E-state index in [0.717, 1.165) is 10.6 Å². The van der Waals surface area contributed by atoms with Crippen LogP contribution in [0.15, 0.2) is 47.6 Å². The number of anilines is 1. The van der Waals surface area contributed by atoms with Gasteiger partial charge in [-0.1, -0.05) is 29.3 Å². The summed E-state index contributed by atoms with van der Waals surface area (Å²) in [6.07, 6.45) is 2.41. The zero-order valence-corrected chi connectivity index (χ0v) is 17.7. The lowest BCUT2D eigenvalue weighted by atomic mass is 10.2. The molecule has 0 bridgehead atoms. The molecule has 10 heteroatoms. The van der Waals surface area contributed by atoms with Crippen LogP contribution < -0.4 is 14.5 Å². The van der Waals surface area contributed by atoms with Gasteiger partial charge in [-0.2, -0.15) is 5.10 Å². The molecule has 0 aliphatic carbocycles. The lowest BCUT2D eigenvalue weighted by Gasteiger charge is -2.27. The summed E-state index contributed by atoms with van der Waals surface area (Å²) in [4.78, 5) is 12.4. The Morgan fingerprint density at radius 3 is 2.36 bits per heavy atom. The Morgan fingerprint density at radius 2 is 1.82 bits per heavy atom. The highest BCUT2D eigenvalue weighted by molar-refractivity contribution is 7.92. The predicted octanol–water partition coefficient (Wildman–Crippen LogP) is 3.31. The normalized spacial score (nSPS) is 12.6. The van der Waals surface area contributed by atoms with E-state index in [1.807, 2.05) is 0 Å². The van der Waals surface area contributed by atoms with E-state index in [9.17, 15) is 13.2 Å². The fraction of sp³-hybridized carbons (Fsp3) is 0.222. The SMILES string of the molecule is COc1ccc(N([C@H](C)C(=O)N/N=C\c2ccc(Cl)c(Cl)c2)S(C)(=O)=O)cc1. The van der Waals surface area contributed by atoms with Crippen molar-refractivity contribution >= 4 is 51.0 Å². The van der Waals surface area contributed by atoms with Crippen molar-refractivity contribution < 1.29 is 17.9 Å². The Balaban J connectivity index is 2.16. The van der Waals surface area contributed by atoms with Crippen molar-refractivity contribution in [3.05, 3.63) is 58.1 Å². The highest BCUT2D eigenvalue weighted by Gasteiger charge is 2.29. The quantitative estimate of drug-likeness (QED) is 0.524. The summed E-state index contributed by atoms with van der Waals surface area (Å²) in [5.41, 5.74) is 3.29. The maximum Gasteiger partial charge on any atom is 0.263 e. The fourth-order valence-electron chi connectivity index (χ4n) is 2.39. The first-order valence-electron chi connectivity index (χ1n) is 8.05. The molecule has 2 aromatic carbocycles. The van der Waals surface area contributed by atoms with Gasteiger partial charge in [-0.15, -0.1) is 0 Å². The Morgan fingerprint density at radius 1 is 1.18 bits per heavy atom. The van der Waals surface area contributed by atoms with Crippen LogP contribution >= 0.6 is 23.2 Å². The Bertz CT molecular complexity index is 979. The van der Waals surface area contributed by atoms with Crippen LogP contribution in [0.3, 0.4) is 0 Å². The Kier molecular flexibility index (Phi) is 7.29. The van der Waals surface area contributed by atoms with Gasteiger partial charge in [-0.25, -0.2) is 13.8 Å². The molecule has 0 spiro atoms. The van der Waals surface area contributed by atoms with Gasteiger partial charge in [0.15, 0.2) is 0 Å². The van der Waals surface area contributed by atoms with Gasteiger partial charge in [0.25, 0.3) is 5.91 Å². The molecule has 0 unspecified atom stereocenters. The summed E-state index contributed by atoms with van der Waals surface area (Å²) in [7, 11) is -2.22. The van der Waals surface area contributed by atoms with Crippen LogP contribution in [0.1, 0.15) is 12.5 Å². The molecule has 0 fully saturated rings. The van der Waals surface area contributed by atoms with Gasteiger partial charge in [0.05, 0.1) is 35.3 Å². The van der Waals surface area contributed by atoms with Crippen molar-refractivity contribution in [2.45, 2.75) is 13.0 Å². The molecule has 28 heavy (non-hydrogen) atoms. The van der Waals surface area contributed by atoms with Crippen molar-refractivity contribution in [1.82, 2.24) is 5.43 Å². The minimum Gasteiger partial charge on any atom is -0.497 e. The molecule has 1 N–H and O–H groups in total. The van der Waals surface area contributed by atoms with E-state index >= 15 is 0 Å². The number of sulfonamides is 1. The zero-order chi connectivity index (χ0) is 20.9. The lowest BCUT2D eigenvalue weighted by Crippen LogP contribution is -2.46. The van der Waals surface area contributed by atoms with Crippen molar-refractivity contribution in [2.75, 3.05) is 17.7 Å². The maximum atomic E-state index is 12.4. The molecule has 0 radical (unpaired) electrons. The predicted molar refractivity (Wildman–Crippen MR) is 112 cm³/mol. The average Bonchev–Trinajstić information content (AvgIpc) is 2.64. The number of nitrogens with zero attached hydrogens (tertiary/aromatic N) is 2. The highest BCUT2D eigenvalue weighted by atomic mass is 35.5. The number of hydrogen-bond acceptors (Lipinski definition) is 5. The van der Waals surface area contributed by atoms with Crippen LogP contribution in [0, 0.1) is 0 Å². The summed E-state index contributed by atoms with van der Waals surface area (Å²) in [5, 5.41) is 4.61. The van der Waals surface area contributed by atoms with Gasteiger partial charge in [-0.05, 0) is 48.9 Å². The van der Waals surface area contributed by atoms with E-state index < -0.39 is 22.0 Å². The van der Waals surface area contributed by atoms with Crippen molar-refractivity contribution in [2.24, 2.45) is 5.10 Å². The lowest BCUT2D eigenvalue weighted by molar-refractivity contribution is -0.121. The van der Waals surface area contributed by atoms with E-state index in [4.69, 9.17) is 27.9 Å². The minimum atomic E-state index is -3.72. The van der Waals surface area contributed by atoms with Crippen molar-refractivity contribution in [3.63, 3.8) is 0 Å². The van der Waals surface area contributed by atoms with Gasteiger partial charge in [0, 0.05) is 0 Å². The summed E-state index contributed by atoms with van der Waals surface area (Å²) < 4.78 is 30.6. The molecule has 150 valence electrons. The minimum absolute atomic E-state index is 0.333. The molecule has 0 saturated carbocycles. The van der Waals surface area contributed by atoms with Crippen LogP contribution in [-0.4, -0.2) is 39.9 Å². The first-order chi connectivity index (χ1) is 13.1. The summed E-state index contributed by atoms with van der Waals surface area (Å²) in [6.45, 7) is 1.47. The molecule has 0 aliphatic rings. The molecule has 1 amide bonds. The van der Waals surface area contributed by atoms with E-state index in [2.05, 4.69) is 10.5 Å². The number of carbonyl (C=O) groups is 1. The smallest absolute Gasteiger partial charge is 0.263 e. The van der Waals surface area contributed by atoms with Crippen molar-refractivity contribution in [1.29, 1.82) is 0 Å². The van der Waals surface area contributed by atoms with Gasteiger partial charge in [-0.3, -0.25) is 9.10 Å². The summed E-state index contributed by atoms with van der Waals surface area (Å²) in [6, 6.07) is 10.2. The van der Waals surface area contributed by atoms with Gasteiger partial charge in [0.2, 0.25) is 10.0 Å². The molecule has 1 atom stereocenters. The van der Waals surface area contributed by atoms with Crippen LogP contribution in [0.2, 0.25) is 10.0 Å². The fourth-order valence-corrected chi connectivity index (χ4v) is 3.88. The number of carbonyl (C=O) groups excluding carboxylic acids is 1. The van der Waals surface area contributed by atoms with Crippen LogP contribution in [-0.2, 0) is 14.8 Å². The van der Waals surface area contributed by atoms with Gasteiger partial charge < -0.3 is 4.74 Å². The number of amides is 1. The largest absolute Gasteiger partial charge is 0.497 e. The molecule has 7 nitrogen and oxygen atoms in total. The zero-order valence-electron chi connectivity index (χ0n) is 15.4. The van der Waals surface area contributed by atoms with E-state index in [-0.39, 0.29) is 0 Å². The van der Waals surface area contributed by atoms with Crippen molar-refractivity contribution in [3.8, 4) is 5.75 Å². The Labute approximate surface area is 173 Å². The second-order valence-corrected chi connectivity index (χ2v) is 8.51. The van der Waals surface area contributed by atoms with E-state index in [0.29, 0.717) is 27.0 Å². The number of hydrogen-bond donors (Lipinski definition) is 1. The third-order valence-electron chi connectivity index (χ3n) is 3.75. The van der Waals surface area contributed by atoms with Gasteiger partial charge in [0.1, 0.15) is 11.8 Å². The topological polar surface area (TPSA) is 88.1 Å². The number of ether oxygens (including phenoxy) is 1. The number of halogens is 2. The van der Waals surface area contributed by atoms with Crippen LogP contribution in [0.4, 0.5) is 5.69 Å². The standard InChI is InChI=1S/C18H19Cl2N3O4S/c1-12(18(24)22-21-11-13-4-9-16(19)17(20)10-13)23(28(3,25)26)14-5-7-15(27-2)8-6-14/h4-12H,1-3H3,(H,22,24)/b21-11-/t12-/m1/s1. The van der Waals surface area contributed by atoms with E-state index in [1.54, 1.807) is 42.5 Å². The van der Waals surface area contributed by atoms with Crippen LogP contribution in [0.5, 0.6) is 5.75 Å². The second kappa shape index (κ2) is 9.27. The van der Waals surface area contributed by atoms with Crippen LogP contribution in [0.25, 0.3) is 0 Å². The average molecular weight is 444 g/mol. The maximum absolute atomic E-state index is 12.4. The molecule has 0 aliphatic heterocycles. The first kappa shape index (κ1) is 22.0. The molecule has 0 saturated heterocycles. The molecule has 2 aromatic rings. The molecular formula is C18H19Cl2N3O4S. The summed E-state index contributed by atoms with van der Waals surface area (Å²) >= 11 is 11.8. The van der Waals surface area contributed by atoms with E-state index in [1.165, 1.54) is 20.2 Å². The number of nitrogens with one attached hydrogen (secondary N) is 1. The number of methoxy groups -OCH3 is 1. The number of benzene rings is 2. The summed E-state index contributed by atoms with van der Waals surface area (Å²) in [5.74, 6) is -0.0296. The molecular weight excluding hydrogens is 425 g/mol. The third-order valence-corrected chi connectivity index (χ3v) is 5.73.